The van der Waals surface area contributed by atoms with Gasteiger partial charge in [0.1, 0.15) is 0 Å². The summed E-state index contributed by atoms with van der Waals surface area (Å²) >= 11 is 9.35. The zero-order chi connectivity index (χ0) is 13.1. The van der Waals surface area contributed by atoms with Gasteiger partial charge in [0.2, 0.25) is 0 Å². The highest BCUT2D eigenvalue weighted by molar-refractivity contribution is 9.10. The van der Waals surface area contributed by atoms with Gasteiger partial charge in [-0.2, -0.15) is 4.98 Å². The van der Waals surface area contributed by atoms with E-state index in [-0.39, 0.29) is 6.04 Å². The van der Waals surface area contributed by atoms with E-state index < -0.39 is 0 Å². The van der Waals surface area contributed by atoms with Crippen LogP contribution in [-0.2, 0) is 0 Å². The standard InChI is InChI=1S/C12H13BrClN3O/c1-2-3-10(15)11-16-12(18-17-11)7-4-8(13)6-9(14)5-7/h4-6,10H,2-3,15H2,1H3. The largest absolute Gasteiger partial charge is 0.334 e. The summed E-state index contributed by atoms with van der Waals surface area (Å²) in [6, 6.07) is 5.25. The molecule has 1 atom stereocenters. The Hall–Kier alpha value is -0.910. The molecule has 1 aromatic carbocycles. The van der Waals surface area contributed by atoms with Crippen LogP contribution in [0.15, 0.2) is 27.2 Å². The van der Waals surface area contributed by atoms with Crippen LogP contribution in [0.4, 0.5) is 0 Å². The molecule has 0 bridgehead atoms. The summed E-state index contributed by atoms with van der Waals surface area (Å²) < 4.78 is 6.07. The SMILES string of the molecule is CCCC(N)c1noc(-c2cc(Cl)cc(Br)c2)n1. The van der Waals surface area contributed by atoms with Gasteiger partial charge in [0, 0.05) is 15.1 Å². The average molecular weight is 331 g/mol. The lowest BCUT2D eigenvalue weighted by Crippen LogP contribution is -2.11. The highest BCUT2D eigenvalue weighted by Gasteiger charge is 2.15. The van der Waals surface area contributed by atoms with Crippen molar-refractivity contribution < 1.29 is 4.52 Å². The number of nitrogens with two attached hydrogens (primary N) is 1. The summed E-state index contributed by atoms with van der Waals surface area (Å²) in [5, 5.41) is 4.51. The van der Waals surface area contributed by atoms with Gasteiger partial charge < -0.3 is 10.3 Å². The Morgan fingerprint density at radius 2 is 2.22 bits per heavy atom. The molecule has 2 aromatic rings. The number of rotatable bonds is 4. The molecule has 0 aliphatic rings. The van der Waals surface area contributed by atoms with Crippen molar-refractivity contribution in [3.05, 3.63) is 33.5 Å². The van der Waals surface area contributed by atoms with Gasteiger partial charge in [-0.05, 0) is 24.6 Å². The zero-order valence-corrected chi connectivity index (χ0v) is 12.2. The fourth-order valence-corrected chi connectivity index (χ4v) is 2.48. The number of hydrogen-bond acceptors (Lipinski definition) is 4. The fourth-order valence-electron chi connectivity index (χ4n) is 1.62. The van der Waals surface area contributed by atoms with E-state index in [9.17, 15) is 0 Å². The van der Waals surface area contributed by atoms with Crippen molar-refractivity contribution in [2.75, 3.05) is 0 Å². The van der Waals surface area contributed by atoms with E-state index >= 15 is 0 Å². The molecule has 6 heteroatoms. The Balaban J connectivity index is 2.29. The molecule has 0 spiro atoms. The smallest absolute Gasteiger partial charge is 0.258 e. The third-order valence-corrected chi connectivity index (χ3v) is 3.16. The molecule has 0 amide bonds. The molecular formula is C12H13BrClN3O. The van der Waals surface area contributed by atoms with Gasteiger partial charge in [-0.3, -0.25) is 0 Å². The van der Waals surface area contributed by atoms with E-state index in [0.717, 1.165) is 22.9 Å². The van der Waals surface area contributed by atoms with Crippen LogP contribution in [0.3, 0.4) is 0 Å². The van der Waals surface area contributed by atoms with Gasteiger partial charge in [0.15, 0.2) is 5.82 Å². The first-order valence-electron chi connectivity index (χ1n) is 5.65. The Morgan fingerprint density at radius 1 is 1.44 bits per heavy atom. The highest BCUT2D eigenvalue weighted by atomic mass is 79.9. The summed E-state index contributed by atoms with van der Waals surface area (Å²) in [4.78, 5) is 4.30. The van der Waals surface area contributed by atoms with Crippen LogP contribution in [0.25, 0.3) is 11.5 Å². The zero-order valence-electron chi connectivity index (χ0n) is 9.86. The maximum Gasteiger partial charge on any atom is 0.258 e. The van der Waals surface area contributed by atoms with Gasteiger partial charge in [-0.15, -0.1) is 0 Å². The number of nitrogens with zero attached hydrogens (tertiary/aromatic N) is 2. The van der Waals surface area contributed by atoms with Crippen molar-refractivity contribution in [2.24, 2.45) is 5.73 Å². The van der Waals surface area contributed by atoms with Gasteiger partial charge in [-0.25, -0.2) is 0 Å². The third kappa shape index (κ3) is 3.10. The quantitative estimate of drug-likeness (QED) is 0.921. The van der Waals surface area contributed by atoms with Crippen LogP contribution >= 0.6 is 27.5 Å². The molecule has 0 fully saturated rings. The fraction of sp³-hybridized carbons (Fsp3) is 0.333. The second kappa shape index (κ2) is 5.82. The highest BCUT2D eigenvalue weighted by Crippen LogP contribution is 2.27. The normalized spacial score (nSPS) is 12.7. The second-order valence-electron chi connectivity index (χ2n) is 4.01. The van der Waals surface area contributed by atoms with Crippen LogP contribution in [-0.4, -0.2) is 10.1 Å². The lowest BCUT2D eigenvalue weighted by molar-refractivity contribution is 0.413. The van der Waals surface area contributed by atoms with Crippen molar-refractivity contribution in [1.82, 2.24) is 10.1 Å². The Labute approximate surface area is 119 Å². The molecule has 2 N–H and O–H groups in total. The number of benzene rings is 1. The number of halogens is 2. The van der Waals surface area contributed by atoms with Crippen LogP contribution in [0.1, 0.15) is 31.6 Å². The Morgan fingerprint density at radius 3 is 2.89 bits per heavy atom. The molecule has 0 aliphatic heterocycles. The first-order chi connectivity index (χ1) is 8.60. The summed E-state index contributed by atoms with van der Waals surface area (Å²) in [5.74, 6) is 0.961. The van der Waals surface area contributed by atoms with Crippen molar-refractivity contribution in [2.45, 2.75) is 25.8 Å². The third-order valence-electron chi connectivity index (χ3n) is 2.48. The molecule has 4 nitrogen and oxygen atoms in total. The van der Waals surface area contributed by atoms with Crippen molar-refractivity contribution in [3.8, 4) is 11.5 Å². The summed E-state index contributed by atoms with van der Waals surface area (Å²) in [6.45, 7) is 2.06. The Bertz CT molecular complexity index is 524. The van der Waals surface area contributed by atoms with Crippen LogP contribution in [0, 0.1) is 0 Å². The van der Waals surface area contributed by atoms with E-state index in [2.05, 4.69) is 33.0 Å². The molecule has 1 aromatic heterocycles. The van der Waals surface area contributed by atoms with Crippen molar-refractivity contribution >= 4 is 27.5 Å². The van der Waals surface area contributed by atoms with E-state index in [1.54, 1.807) is 12.1 Å². The topological polar surface area (TPSA) is 64.9 Å². The predicted molar refractivity (Wildman–Crippen MR) is 74.3 cm³/mol. The van der Waals surface area contributed by atoms with Crippen molar-refractivity contribution in [3.63, 3.8) is 0 Å². The first-order valence-corrected chi connectivity index (χ1v) is 6.83. The first kappa shape index (κ1) is 13.5. The van der Waals surface area contributed by atoms with Gasteiger partial charge >= 0.3 is 0 Å². The lowest BCUT2D eigenvalue weighted by Gasteiger charge is -2.02. The van der Waals surface area contributed by atoms with Gasteiger partial charge in [0.25, 0.3) is 5.89 Å². The molecule has 18 heavy (non-hydrogen) atoms. The molecule has 1 unspecified atom stereocenters. The lowest BCUT2D eigenvalue weighted by atomic mass is 10.2. The molecule has 0 saturated heterocycles. The number of aromatic nitrogens is 2. The van der Waals surface area contributed by atoms with E-state index in [4.69, 9.17) is 21.9 Å². The molecule has 0 radical (unpaired) electrons. The average Bonchev–Trinajstić information content (AvgIpc) is 2.77. The summed E-state index contributed by atoms with van der Waals surface area (Å²) in [6.07, 6.45) is 1.81. The van der Waals surface area contributed by atoms with Crippen molar-refractivity contribution in [1.29, 1.82) is 0 Å². The Kier molecular flexibility index (Phi) is 4.37. The van der Waals surface area contributed by atoms with Crippen LogP contribution in [0.5, 0.6) is 0 Å². The van der Waals surface area contributed by atoms with Gasteiger partial charge in [-0.1, -0.05) is 46.0 Å². The molecule has 0 saturated carbocycles. The minimum absolute atomic E-state index is 0.185. The molecule has 96 valence electrons. The van der Waals surface area contributed by atoms with E-state index in [0.29, 0.717) is 16.7 Å². The predicted octanol–water partition coefficient (Wildman–Crippen LogP) is 3.95. The van der Waals surface area contributed by atoms with E-state index in [1.165, 1.54) is 0 Å². The minimum atomic E-state index is -0.185. The molecule has 0 aliphatic carbocycles. The second-order valence-corrected chi connectivity index (χ2v) is 5.36. The van der Waals surface area contributed by atoms with E-state index in [1.807, 2.05) is 6.07 Å². The summed E-state index contributed by atoms with van der Waals surface area (Å²) in [7, 11) is 0. The van der Waals surface area contributed by atoms with Gasteiger partial charge in [0.05, 0.1) is 6.04 Å². The number of hydrogen-bond donors (Lipinski definition) is 1. The molecular weight excluding hydrogens is 318 g/mol. The maximum atomic E-state index is 5.97. The summed E-state index contributed by atoms with van der Waals surface area (Å²) in [5.41, 5.74) is 6.71. The minimum Gasteiger partial charge on any atom is -0.334 e. The molecule has 2 rings (SSSR count). The van der Waals surface area contributed by atoms with Crippen LogP contribution in [0.2, 0.25) is 5.02 Å². The maximum absolute atomic E-state index is 5.97. The monoisotopic (exact) mass is 329 g/mol. The van der Waals surface area contributed by atoms with Crippen LogP contribution < -0.4 is 5.73 Å². The molecule has 1 heterocycles.